The molecule has 5 nitrogen and oxygen atoms in total. The van der Waals surface area contributed by atoms with Crippen LogP contribution in [0.1, 0.15) is 22.5 Å². The van der Waals surface area contributed by atoms with Gasteiger partial charge in [0.1, 0.15) is 18.1 Å². The number of hydrogen-bond acceptors (Lipinski definition) is 5. The molecule has 0 N–H and O–H groups in total. The van der Waals surface area contributed by atoms with Crippen molar-refractivity contribution in [3.63, 3.8) is 0 Å². The summed E-state index contributed by atoms with van der Waals surface area (Å²) in [6, 6.07) is 14.5. The highest BCUT2D eigenvalue weighted by molar-refractivity contribution is 7.07. The van der Waals surface area contributed by atoms with Crippen LogP contribution in [0.4, 0.5) is 0 Å². The predicted molar refractivity (Wildman–Crippen MR) is 111 cm³/mol. The number of thiazole rings is 1. The van der Waals surface area contributed by atoms with Crippen molar-refractivity contribution in [3.05, 3.63) is 75.7 Å². The quantitative estimate of drug-likeness (QED) is 0.465. The summed E-state index contributed by atoms with van der Waals surface area (Å²) < 4.78 is 11.4. The fraction of sp³-hybridized carbons (Fsp3) is 0.238. The molecule has 0 radical (unpaired) electrons. The summed E-state index contributed by atoms with van der Waals surface area (Å²) in [5, 5.41) is 2.58. The molecule has 2 aromatic carbocycles. The molecule has 0 unspecified atom stereocenters. The van der Waals surface area contributed by atoms with Crippen molar-refractivity contribution in [1.29, 1.82) is 0 Å². The highest BCUT2D eigenvalue weighted by atomic mass is 35.5. The zero-order chi connectivity index (χ0) is 19.8. The second-order valence-corrected chi connectivity index (χ2v) is 7.34. The molecule has 28 heavy (non-hydrogen) atoms. The predicted octanol–water partition coefficient (Wildman–Crippen LogP) is 4.92. The molecule has 1 aromatic heterocycles. The minimum absolute atomic E-state index is 0.0538. The average Bonchev–Trinajstić information content (AvgIpc) is 3.23. The molecular formula is C21H21ClN2O3S. The van der Waals surface area contributed by atoms with Gasteiger partial charge in [0.2, 0.25) is 0 Å². The summed E-state index contributed by atoms with van der Waals surface area (Å²) in [7, 11) is 1.78. The van der Waals surface area contributed by atoms with E-state index < -0.39 is 0 Å². The lowest BCUT2D eigenvalue weighted by Crippen LogP contribution is -2.28. The van der Waals surface area contributed by atoms with Crippen LogP contribution in [0.3, 0.4) is 0 Å². The third kappa shape index (κ3) is 5.97. The number of hydrogen-bond donors (Lipinski definition) is 0. The largest absolute Gasteiger partial charge is 0.493 e. The Kier molecular flexibility index (Phi) is 7.28. The first-order chi connectivity index (χ1) is 13.6. The summed E-state index contributed by atoms with van der Waals surface area (Å²) in [5.74, 6) is 1.32. The first-order valence-corrected chi connectivity index (χ1v) is 10.2. The van der Waals surface area contributed by atoms with E-state index in [1.54, 1.807) is 41.7 Å². The molecule has 0 fully saturated rings. The van der Waals surface area contributed by atoms with Gasteiger partial charge in [-0.3, -0.25) is 4.79 Å². The molecule has 146 valence electrons. The van der Waals surface area contributed by atoms with Crippen molar-refractivity contribution in [2.75, 3.05) is 20.2 Å². The molecule has 0 atom stereocenters. The van der Waals surface area contributed by atoms with Crippen molar-refractivity contribution in [2.45, 2.75) is 13.0 Å². The lowest BCUT2D eigenvalue weighted by atomic mass is 10.2. The van der Waals surface area contributed by atoms with Gasteiger partial charge >= 0.3 is 0 Å². The number of aromatic nitrogens is 1. The summed E-state index contributed by atoms with van der Waals surface area (Å²) in [6.07, 6.45) is 0.717. The van der Waals surface area contributed by atoms with E-state index >= 15 is 0 Å². The number of rotatable bonds is 9. The molecule has 0 saturated carbocycles. The Hall–Kier alpha value is -2.57. The highest BCUT2D eigenvalue weighted by Gasteiger charge is 2.12. The number of carbonyl (C=O) groups is 1. The monoisotopic (exact) mass is 416 g/mol. The molecule has 0 spiro atoms. The lowest BCUT2D eigenvalue weighted by molar-refractivity contribution is 0.0787. The van der Waals surface area contributed by atoms with E-state index in [9.17, 15) is 4.79 Å². The number of amides is 1. The van der Waals surface area contributed by atoms with Crippen molar-refractivity contribution in [2.24, 2.45) is 0 Å². The Morgan fingerprint density at radius 2 is 1.93 bits per heavy atom. The van der Waals surface area contributed by atoms with Gasteiger partial charge in [0.15, 0.2) is 0 Å². The fourth-order valence-corrected chi connectivity index (χ4v) is 3.28. The van der Waals surface area contributed by atoms with E-state index in [-0.39, 0.29) is 5.91 Å². The van der Waals surface area contributed by atoms with Crippen LogP contribution in [0.15, 0.2) is 59.4 Å². The average molecular weight is 417 g/mol. The van der Waals surface area contributed by atoms with Gasteiger partial charge in [0.05, 0.1) is 17.8 Å². The number of carbonyl (C=O) groups excluding carboxylic acids is 1. The Bertz CT molecular complexity index is 902. The van der Waals surface area contributed by atoms with Gasteiger partial charge in [-0.25, -0.2) is 4.98 Å². The van der Waals surface area contributed by atoms with E-state index in [4.69, 9.17) is 21.1 Å². The summed E-state index contributed by atoms with van der Waals surface area (Å²) >= 11 is 7.46. The SMILES string of the molecule is CN(CCCOc1cccc(Cl)c1)C(=O)c1cccc(OCc2cscn2)c1. The maximum absolute atomic E-state index is 12.6. The zero-order valence-electron chi connectivity index (χ0n) is 15.5. The van der Waals surface area contributed by atoms with E-state index in [0.29, 0.717) is 36.1 Å². The molecule has 1 amide bonds. The van der Waals surface area contributed by atoms with Gasteiger partial charge in [-0.05, 0) is 42.8 Å². The molecule has 7 heteroatoms. The zero-order valence-corrected chi connectivity index (χ0v) is 17.1. The third-order valence-corrected chi connectivity index (χ3v) is 4.87. The second kappa shape index (κ2) is 10.1. The summed E-state index contributed by atoms with van der Waals surface area (Å²) in [4.78, 5) is 18.5. The van der Waals surface area contributed by atoms with Crippen molar-refractivity contribution < 1.29 is 14.3 Å². The Morgan fingerprint density at radius 3 is 2.68 bits per heavy atom. The summed E-state index contributed by atoms with van der Waals surface area (Å²) in [6.45, 7) is 1.48. The van der Waals surface area contributed by atoms with Crippen LogP contribution in [0, 0.1) is 0 Å². The Morgan fingerprint density at radius 1 is 1.14 bits per heavy atom. The first-order valence-electron chi connectivity index (χ1n) is 8.85. The molecule has 1 heterocycles. The maximum atomic E-state index is 12.6. The Labute approximate surface area is 173 Å². The number of halogens is 1. The molecule has 0 saturated heterocycles. The number of ether oxygens (including phenoxy) is 2. The molecule has 0 aliphatic rings. The van der Waals surface area contributed by atoms with Gasteiger partial charge < -0.3 is 14.4 Å². The third-order valence-electron chi connectivity index (χ3n) is 4.00. The van der Waals surface area contributed by atoms with Crippen LogP contribution in [-0.4, -0.2) is 36.0 Å². The molecule has 3 rings (SSSR count). The molecular weight excluding hydrogens is 396 g/mol. The Balaban J connectivity index is 1.46. The van der Waals surface area contributed by atoms with Gasteiger partial charge in [-0.1, -0.05) is 23.7 Å². The van der Waals surface area contributed by atoms with Crippen molar-refractivity contribution in [3.8, 4) is 11.5 Å². The van der Waals surface area contributed by atoms with Crippen molar-refractivity contribution in [1.82, 2.24) is 9.88 Å². The van der Waals surface area contributed by atoms with Crippen LogP contribution in [-0.2, 0) is 6.61 Å². The highest BCUT2D eigenvalue weighted by Crippen LogP contribution is 2.18. The van der Waals surface area contributed by atoms with Crippen LogP contribution in [0.2, 0.25) is 5.02 Å². The lowest BCUT2D eigenvalue weighted by Gasteiger charge is -2.18. The van der Waals surface area contributed by atoms with E-state index in [0.717, 1.165) is 17.9 Å². The molecule has 0 aliphatic heterocycles. The molecule has 0 aliphatic carbocycles. The van der Waals surface area contributed by atoms with E-state index in [1.807, 2.05) is 29.6 Å². The number of nitrogens with zero attached hydrogens (tertiary/aromatic N) is 2. The van der Waals surface area contributed by atoms with E-state index in [2.05, 4.69) is 4.98 Å². The van der Waals surface area contributed by atoms with Crippen LogP contribution < -0.4 is 9.47 Å². The van der Waals surface area contributed by atoms with Gasteiger partial charge in [0.25, 0.3) is 5.91 Å². The van der Waals surface area contributed by atoms with E-state index in [1.165, 1.54) is 11.3 Å². The smallest absolute Gasteiger partial charge is 0.253 e. The normalized spacial score (nSPS) is 10.5. The second-order valence-electron chi connectivity index (χ2n) is 6.18. The van der Waals surface area contributed by atoms with Crippen LogP contribution >= 0.6 is 22.9 Å². The number of benzene rings is 2. The molecule has 0 bridgehead atoms. The maximum Gasteiger partial charge on any atom is 0.253 e. The van der Waals surface area contributed by atoms with Crippen LogP contribution in [0.25, 0.3) is 0 Å². The van der Waals surface area contributed by atoms with Crippen molar-refractivity contribution >= 4 is 28.8 Å². The minimum Gasteiger partial charge on any atom is -0.493 e. The fourth-order valence-electron chi connectivity index (χ4n) is 2.56. The van der Waals surface area contributed by atoms with Gasteiger partial charge in [-0.15, -0.1) is 11.3 Å². The van der Waals surface area contributed by atoms with Crippen LogP contribution in [0.5, 0.6) is 11.5 Å². The topological polar surface area (TPSA) is 51.7 Å². The van der Waals surface area contributed by atoms with Gasteiger partial charge in [0, 0.05) is 29.6 Å². The van der Waals surface area contributed by atoms with Gasteiger partial charge in [-0.2, -0.15) is 0 Å². The standard InChI is InChI=1S/C21H21ClN2O3S/c1-24(9-4-10-26-20-8-3-6-17(22)12-20)21(25)16-5-2-7-19(11-16)27-13-18-14-28-15-23-18/h2-3,5-8,11-12,14-15H,4,9-10,13H2,1H3. The minimum atomic E-state index is -0.0538. The summed E-state index contributed by atoms with van der Waals surface area (Å²) in [5.41, 5.74) is 3.23. The first kappa shape index (κ1) is 20.2. The molecule has 3 aromatic rings.